The maximum Gasteiger partial charge on any atom is 0.0581 e. The molecule has 0 amide bonds. The Kier molecular flexibility index (Phi) is 3.70. The van der Waals surface area contributed by atoms with Gasteiger partial charge in [-0.3, -0.25) is 0 Å². The minimum absolute atomic E-state index is 0.0501. The molecule has 0 aromatic heterocycles. The van der Waals surface area contributed by atoms with E-state index in [0.717, 1.165) is 10.6 Å². The molecule has 1 aromatic rings. The lowest BCUT2D eigenvalue weighted by molar-refractivity contribution is -0.107. The van der Waals surface area contributed by atoms with Gasteiger partial charge in [0.2, 0.25) is 0 Å². The number of nitrogens with two attached hydrogens (primary N) is 1. The lowest BCUT2D eigenvalue weighted by Crippen LogP contribution is -2.22. The van der Waals surface area contributed by atoms with Crippen molar-refractivity contribution in [2.75, 3.05) is 18.9 Å². The summed E-state index contributed by atoms with van der Waals surface area (Å²) in [6.45, 7) is 0.608. The van der Waals surface area contributed by atoms with Crippen molar-refractivity contribution in [1.82, 2.24) is 5.06 Å². The Morgan fingerprint density at radius 1 is 1.23 bits per heavy atom. The summed E-state index contributed by atoms with van der Waals surface area (Å²) in [5.74, 6) is 0. The molecular weight excluding hydrogens is 168 g/mol. The second-order valence-corrected chi connectivity index (χ2v) is 2.85. The normalized spacial score (nSPS) is 10.7. The van der Waals surface area contributed by atoms with E-state index in [0.29, 0.717) is 12.2 Å². The molecule has 0 radical (unpaired) electrons. The molecule has 0 aliphatic carbocycles. The van der Waals surface area contributed by atoms with Crippen molar-refractivity contribution in [1.29, 1.82) is 0 Å². The Morgan fingerprint density at radius 2 is 1.85 bits per heavy atom. The SMILES string of the molecule is Nc1ccc(CN(O)CCO)cc1. The summed E-state index contributed by atoms with van der Waals surface area (Å²) in [6.07, 6.45) is 0. The van der Waals surface area contributed by atoms with Gasteiger partial charge < -0.3 is 16.0 Å². The highest BCUT2D eigenvalue weighted by Gasteiger charge is 2.00. The van der Waals surface area contributed by atoms with Crippen molar-refractivity contribution in [3.8, 4) is 0 Å². The maximum atomic E-state index is 9.21. The van der Waals surface area contributed by atoms with Gasteiger partial charge in [0.25, 0.3) is 0 Å². The van der Waals surface area contributed by atoms with E-state index in [9.17, 15) is 5.21 Å². The second kappa shape index (κ2) is 4.81. The number of benzene rings is 1. The van der Waals surface area contributed by atoms with Crippen molar-refractivity contribution in [3.63, 3.8) is 0 Å². The summed E-state index contributed by atoms with van der Waals surface area (Å²) in [5.41, 5.74) is 7.17. The standard InChI is InChI=1S/C9H14N2O2/c10-9-3-1-8(2-4-9)7-11(13)5-6-12/h1-4,12-13H,5-7,10H2. The van der Waals surface area contributed by atoms with Crippen molar-refractivity contribution < 1.29 is 10.3 Å². The van der Waals surface area contributed by atoms with E-state index >= 15 is 0 Å². The fourth-order valence-corrected chi connectivity index (χ4v) is 1.03. The fourth-order valence-electron chi connectivity index (χ4n) is 1.03. The number of rotatable bonds is 4. The van der Waals surface area contributed by atoms with Crippen LogP contribution in [0.1, 0.15) is 5.56 Å². The number of nitrogen functional groups attached to an aromatic ring is 1. The van der Waals surface area contributed by atoms with Gasteiger partial charge in [0.05, 0.1) is 6.61 Å². The highest BCUT2D eigenvalue weighted by Crippen LogP contribution is 2.06. The van der Waals surface area contributed by atoms with Gasteiger partial charge in [-0.2, -0.15) is 5.06 Å². The van der Waals surface area contributed by atoms with Gasteiger partial charge in [0.1, 0.15) is 0 Å². The van der Waals surface area contributed by atoms with Crippen molar-refractivity contribution >= 4 is 5.69 Å². The predicted molar refractivity (Wildman–Crippen MR) is 50.1 cm³/mol. The van der Waals surface area contributed by atoms with Crippen molar-refractivity contribution in [3.05, 3.63) is 29.8 Å². The first kappa shape index (κ1) is 9.98. The number of hydroxylamine groups is 2. The molecule has 0 heterocycles. The molecule has 0 saturated heterocycles. The third-order valence-electron chi connectivity index (χ3n) is 1.70. The average Bonchev–Trinajstić information content (AvgIpc) is 2.09. The molecule has 0 aliphatic rings. The minimum Gasteiger partial charge on any atom is -0.399 e. The van der Waals surface area contributed by atoms with Crippen LogP contribution in [-0.4, -0.2) is 28.5 Å². The smallest absolute Gasteiger partial charge is 0.0581 e. The Balaban J connectivity index is 2.49. The molecule has 0 atom stereocenters. The van der Waals surface area contributed by atoms with Crippen LogP contribution in [0.2, 0.25) is 0 Å². The number of hydrogen-bond acceptors (Lipinski definition) is 4. The number of nitrogens with zero attached hydrogens (tertiary/aromatic N) is 1. The van der Waals surface area contributed by atoms with Gasteiger partial charge in [-0.15, -0.1) is 0 Å². The highest BCUT2D eigenvalue weighted by molar-refractivity contribution is 5.39. The third-order valence-corrected chi connectivity index (χ3v) is 1.70. The van der Waals surface area contributed by atoms with Crippen LogP contribution in [0, 0.1) is 0 Å². The van der Waals surface area contributed by atoms with Crippen LogP contribution in [0.4, 0.5) is 5.69 Å². The van der Waals surface area contributed by atoms with Crippen LogP contribution in [0.3, 0.4) is 0 Å². The molecule has 0 bridgehead atoms. The second-order valence-electron chi connectivity index (χ2n) is 2.85. The van der Waals surface area contributed by atoms with Crippen LogP contribution >= 0.6 is 0 Å². The Morgan fingerprint density at radius 3 is 2.38 bits per heavy atom. The fraction of sp³-hybridized carbons (Fsp3) is 0.333. The third kappa shape index (κ3) is 3.42. The molecule has 4 heteroatoms. The molecule has 0 spiro atoms. The molecule has 0 fully saturated rings. The molecular formula is C9H14N2O2. The lowest BCUT2D eigenvalue weighted by Gasteiger charge is -2.12. The number of anilines is 1. The van der Waals surface area contributed by atoms with E-state index in [2.05, 4.69) is 0 Å². The molecule has 0 saturated carbocycles. The van der Waals surface area contributed by atoms with Crippen LogP contribution in [0.25, 0.3) is 0 Å². The molecule has 72 valence electrons. The van der Waals surface area contributed by atoms with E-state index in [1.54, 1.807) is 12.1 Å². The zero-order valence-corrected chi connectivity index (χ0v) is 7.35. The van der Waals surface area contributed by atoms with Crippen LogP contribution in [-0.2, 0) is 6.54 Å². The van der Waals surface area contributed by atoms with E-state index < -0.39 is 0 Å². The van der Waals surface area contributed by atoms with Crippen LogP contribution in [0.15, 0.2) is 24.3 Å². The molecule has 0 aliphatic heterocycles. The summed E-state index contributed by atoms with van der Waals surface area (Å²) in [5, 5.41) is 18.8. The summed E-state index contributed by atoms with van der Waals surface area (Å²) in [4.78, 5) is 0. The molecule has 4 N–H and O–H groups in total. The summed E-state index contributed by atoms with van der Waals surface area (Å²) >= 11 is 0. The van der Waals surface area contributed by atoms with Gasteiger partial charge in [-0.25, -0.2) is 0 Å². The molecule has 13 heavy (non-hydrogen) atoms. The highest BCUT2D eigenvalue weighted by atomic mass is 16.5. The quantitative estimate of drug-likeness (QED) is 0.467. The zero-order chi connectivity index (χ0) is 9.68. The van der Waals surface area contributed by atoms with Crippen molar-refractivity contribution in [2.24, 2.45) is 0 Å². The first-order chi connectivity index (χ1) is 6.22. The topological polar surface area (TPSA) is 69.7 Å². The maximum absolute atomic E-state index is 9.21. The monoisotopic (exact) mass is 182 g/mol. The number of hydrogen-bond donors (Lipinski definition) is 3. The Bertz CT molecular complexity index is 248. The van der Waals surface area contributed by atoms with Crippen LogP contribution < -0.4 is 5.73 Å². The number of aliphatic hydroxyl groups excluding tert-OH is 1. The van der Waals surface area contributed by atoms with Gasteiger partial charge in [0.15, 0.2) is 0 Å². The van der Waals surface area contributed by atoms with E-state index in [1.165, 1.54) is 0 Å². The van der Waals surface area contributed by atoms with E-state index in [4.69, 9.17) is 10.8 Å². The number of aliphatic hydroxyl groups is 1. The van der Waals surface area contributed by atoms with E-state index in [1.807, 2.05) is 12.1 Å². The zero-order valence-electron chi connectivity index (χ0n) is 7.35. The first-order valence-corrected chi connectivity index (χ1v) is 4.11. The van der Waals surface area contributed by atoms with Gasteiger partial charge in [-0.05, 0) is 17.7 Å². The van der Waals surface area contributed by atoms with E-state index in [-0.39, 0.29) is 13.2 Å². The van der Waals surface area contributed by atoms with Gasteiger partial charge in [0, 0.05) is 18.8 Å². The van der Waals surface area contributed by atoms with Crippen molar-refractivity contribution in [2.45, 2.75) is 6.54 Å². The van der Waals surface area contributed by atoms with Gasteiger partial charge >= 0.3 is 0 Å². The summed E-state index contributed by atoms with van der Waals surface area (Å²) in [7, 11) is 0. The summed E-state index contributed by atoms with van der Waals surface area (Å²) in [6, 6.07) is 7.25. The molecule has 1 aromatic carbocycles. The molecule has 4 nitrogen and oxygen atoms in total. The lowest BCUT2D eigenvalue weighted by atomic mass is 10.2. The summed E-state index contributed by atoms with van der Waals surface area (Å²) < 4.78 is 0. The van der Waals surface area contributed by atoms with Gasteiger partial charge in [-0.1, -0.05) is 12.1 Å². The minimum atomic E-state index is -0.0501. The molecule has 1 rings (SSSR count). The Hall–Kier alpha value is -1.10. The first-order valence-electron chi connectivity index (χ1n) is 4.11. The largest absolute Gasteiger partial charge is 0.399 e. The Labute approximate surface area is 77.2 Å². The predicted octanol–water partition coefficient (Wildman–Crippen LogP) is 0.452. The van der Waals surface area contributed by atoms with Crippen LogP contribution in [0.5, 0.6) is 0 Å². The molecule has 0 unspecified atom stereocenters. The average molecular weight is 182 g/mol.